The molecule has 1 heterocycles. The molecule has 2 amide bonds. The smallest absolute Gasteiger partial charge is 0.247 e. The number of amides is 2. The van der Waals surface area contributed by atoms with Crippen LogP contribution in [0.1, 0.15) is 15.9 Å². The molecule has 0 N–H and O–H groups in total. The van der Waals surface area contributed by atoms with Gasteiger partial charge in [-0.05, 0) is 11.6 Å². The summed E-state index contributed by atoms with van der Waals surface area (Å²) in [4.78, 5) is 23.2. The van der Waals surface area contributed by atoms with Gasteiger partial charge in [-0.2, -0.15) is 0 Å². The van der Waals surface area contributed by atoms with Crippen LogP contribution in [-0.2, 0) is 11.2 Å². The minimum absolute atomic E-state index is 0.207. The molecule has 0 spiro atoms. The molecular weight excluding hydrogens is 165 g/mol. The lowest BCUT2D eigenvalue weighted by molar-refractivity contribution is -0.124. The molecular formula is C9H6BNO2. The first-order valence-corrected chi connectivity index (χ1v) is 3.90. The molecule has 0 fully saturated rings. The van der Waals surface area contributed by atoms with E-state index >= 15 is 0 Å². The molecule has 1 aromatic carbocycles. The molecule has 0 aromatic heterocycles. The van der Waals surface area contributed by atoms with Crippen LogP contribution in [-0.4, -0.2) is 24.6 Å². The topological polar surface area (TPSA) is 37.4 Å². The zero-order chi connectivity index (χ0) is 9.42. The molecule has 1 aliphatic rings. The van der Waals surface area contributed by atoms with Crippen molar-refractivity contribution in [2.75, 3.05) is 0 Å². The summed E-state index contributed by atoms with van der Waals surface area (Å²) in [6.07, 6.45) is 0.207. The van der Waals surface area contributed by atoms with Crippen LogP contribution in [0.2, 0.25) is 0 Å². The summed E-state index contributed by atoms with van der Waals surface area (Å²) in [5, 5.41) is 0. The van der Waals surface area contributed by atoms with Crippen molar-refractivity contribution in [3.05, 3.63) is 35.4 Å². The van der Waals surface area contributed by atoms with Gasteiger partial charge in [0.15, 0.2) is 0 Å². The molecule has 2 rings (SSSR count). The van der Waals surface area contributed by atoms with Gasteiger partial charge in [0.25, 0.3) is 0 Å². The lowest BCUT2D eigenvalue weighted by Crippen LogP contribution is -2.40. The van der Waals surface area contributed by atoms with Gasteiger partial charge in [-0.15, -0.1) is 0 Å². The Hall–Kier alpha value is -1.58. The second-order valence-electron chi connectivity index (χ2n) is 2.90. The van der Waals surface area contributed by atoms with Crippen molar-refractivity contribution in [3.8, 4) is 0 Å². The highest BCUT2D eigenvalue weighted by Gasteiger charge is 2.26. The molecule has 1 aromatic rings. The van der Waals surface area contributed by atoms with Gasteiger partial charge in [-0.3, -0.25) is 9.59 Å². The number of carbonyl (C=O) groups is 2. The van der Waals surface area contributed by atoms with E-state index in [0.717, 1.165) is 5.56 Å². The minimum Gasteiger partial charge on any atom is -0.336 e. The van der Waals surface area contributed by atoms with Crippen LogP contribution >= 0.6 is 0 Å². The summed E-state index contributed by atoms with van der Waals surface area (Å²) in [7, 11) is 5.27. The van der Waals surface area contributed by atoms with Crippen molar-refractivity contribution < 1.29 is 9.59 Å². The van der Waals surface area contributed by atoms with Crippen LogP contribution < -0.4 is 0 Å². The van der Waals surface area contributed by atoms with Crippen LogP contribution in [0.5, 0.6) is 0 Å². The maximum Gasteiger partial charge on any atom is 0.247 e. The quantitative estimate of drug-likeness (QED) is 0.415. The van der Waals surface area contributed by atoms with Gasteiger partial charge >= 0.3 is 0 Å². The number of carbonyl (C=O) groups excluding carboxylic acids is 2. The SMILES string of the molecule is [B]N1C(=O)Cc2ccccc2C1=O. The second kappa shape index (κ2) is 2.73. The molecule has 4 heteroatoms. The first kappa shape index (κ1) is 8.04. The van der Waals surface area contributed by atoms with Gasteiger partial charge < -0.3 is 4.81 Å². The molecule has 13 heavy (non-hydrogen) atoms. The van der Waals surface area contributed by atoms with E-state index in [4.69, 9.17) is 7.98 Å². The number of rotatable bonds is 0. The van der Waals surface area contributed by atoms with Crippen molar-refractivity contribution >= 4 is 19.8 Å². The minimum atomic E-state index is -0.424. The molecule has 0 aliphatic carbocycles. The highest BCUT2D eigenvalue weighted by atomic mass is 16.2. The molecule has 0 bridgehead atoms. The van der Waals surface area contributed by atoms with Gasteiger partial charge in [0.1, 0.15) is 0 Å². The zero-order valence-electron chi connectivity index (χ0n) is 6.86. The lowest BCUT2D eigenvalue weighted by atomic mass is 9.96. The van der Waals surface area contributed by atoms with Crippen molar-refractivity contribution in [2.24, 2.45) is 0 Å². The Morgan fingerprint density at radius 3 is 2.69 bits per heavy atom. The zero-order valence-corrected chi connectivity index (χ0v) is 6.86. The van der Waals surface area contributed by atoms with Gasteiger partial charge in [-0.25, -0.2) is 0 Å². The standard InChI is InChI=1S/C9H6BNO2/c10-11-8(12)5-6-3-1-2-4-7(6)9(11)13/h1-4H,5H2. The maximum absolute atomic E-state index is 11.4. The monoisotopic (exact) mass is 171 g/mol. The Morgan fingerprint density at radius 2 is 1.92 bits per heavy atom. The summed E-state index contributed by atoms with van der Waals surface area (Å²) < 4.78 is 0. The average Bonchev–Trinajstić information content (AvgIpc) is 2.15. The summed E-state index contributed by atoms with van der Waals surface area (Å²) in [6.45, 7) is 0. The Labute approximate surface area is 76.8 Å². The van der Waals surface area contributed by atoms with Gasteiger partial charge in [-0.1, -0.05) is 18.2 Å². The first-order chi connectivity index (χ1) is 6.20. The Kier molecular flexibility index (Phi) is 1.69. The fourth-order valence-electron chi connectivity index (χ4n) is 1.37. The van der Waals surface area contributed by atoms with Crippen LogP contribution in [0.4, 0.5) is 0 Å². The van der Waals surface area contributed by atoms with Gasteiger partial charge in [0.2, 0.25) is 19.8 Å². The van der Waals surface area contributed by atoms with E-state index in [-0.39, 0.29) is 12.3 Å². The van der Waals surface area contributed by atoms with Crippen LogP contribution in [0.15, 0.2) is 24.3 Å². The third-order valence-electron chi connectivity index (χ3n) is 2.08. The molecule has 0 saturated carbocycles. The third-order valence-corrected chi connectivity index (χ3v) is 2.08. The normalized spacial score (nSPS) is 15.8. The highest BCUT2D eigenvalue weighted by Crippen LogP contribution is 2.17. The van der Waals surface area contributed by atoms with Crippen LogP contribution in [0, 0.1) is 0 Å². The molecule has 0 unspecified atom stereocenters. The number of benzene rings is 1. The van der Waals surface area contributed by atoms with Crippen LogP contribution in [0.3, 0.4) is 0 Å². The number of imide groups is 1. The summed E-state index contributed by atoms with van der Waals surface area (Å²) in [6, 6.07) is 6.98. The Morgan fingerprint density at radius 1 is 1.23 bits per heavy atom. The number of nitrogens with zero attached hydrogens (tertiary/aromatic N) is 1. The molecule has 0 saturated heterocycles. The number of fused-ring (bicyclic) bond motifs is 1. The van der Waals surface area contributed by atoms with E-state index in [9.17, 15) is 9.59 Å². The van der Waals surface area contributed by atoms with Crippen molar-refractivity contribution in [2.45, 2.75) is 6.42 Å². The summed E-state index contributed by atoms with van der Waals surface area (Å²) in [5.41, 5.74) is 1.27. The first-order valence-electron chi connectivity index (χ1n) is 3.90. The number of hydrogen-bond donors (Lipinski definition) is 0. The summed E-state index contributed by atoms with van der Waals surface area (Å²) in [5.74, 6) is -0.782. The fraction of sp³-hybridized carbons (Fsp3) is 0.111. The van der Waals surface area contributed by atoms with E-state index in [1.54, 1.807) is 24.3 Å². The Bertz CT molecular complexity index is 389. The second-order valence-corrected chi connectivity index (χ2v) is 2.90. The van der Waals surface area contributed by atoms with E-state index in [1.165, 1.54) is 0 Å². The molecule has 2 radical (unpaired) electrons. The Balaban J connectivity index is 2.55. The van der Waals surface area contributed by atoms with E-state index in [1.807, 2.05) is 0 Å². The molecule has 3 nitrogen and oxygen atoms in total. The molecule has 1 aliphatic heterocycles. The fourth-order valence-corrected chi connectivity index (χ4v) is 1.37. The summed E-state index contributed by atoms with van der Waals surface area (Å²) >= 11 is 0. The molecule has 62 valence electrons. The predicted molar refractivity (Wildman–Crippen MR) is 47.1 cm³/mol. The average molecular weight is 171 g/mol. The van der Waals surface area contributed by atoms with Crippen molar-refractivity contribution in [3.63, 3.8) is 0 Å². The molecule has 0 atom stereocenters. The van der Waals surface area contributed by atoms with Crippen molar-refractivity contribution in [1.82, 2.24) is 4.81 Å². The largest absolute Gasteiger partial charge is 0.336 e. The number of hydrogen-bond acceptors (Lipinski definition) is 2. The third kappa shape index (κ3) is 1.14. The van der Waals surface area contributed by atoms with Gasteiger partial charge in [0.05, 0.1) is 6.42 Å². The van der Waals surface area contributed by atoms with Crippen LogP contribution in [0.25, 0.3) is 0 Å². The lowest BCUT2D eigenvalue weighted by Gasteiger charge is -2.23. The van der Waals surface area contributed by atoms with E-state index in [2.05, 4.69) is 0 Å². The van der Waals surface area contributed by atoms with E-state index in [0.29, 0.717) is 10.4 Å². The highest BCUT2D eigenvalue weighted by molar-refractivity contribution is 6.29. The van der Waals surface area contributed by atoms with E-state index < -0.39 is 5.91 Å². The maximum atomic E-state index is 11.4. The predicted octanol–water partition coefficient (Wildman–Crippen LogP) is 0.295. The van der Waals surface area contributed by atoms with Crippen molar-refractivity contribution in [1.29, 1.82) is 0 Å². The van der Waals surface area contributed by atoms with Gasteiger partial charge in [0, 0.05) is 5.56 Å².